The molecule has 1 aliphatic rings. The second kappa shape index (κ2) is 4.11. The zero-order valence-corrected chi connectivity index (χ0v) is 12.4. The van der Waals surface area contributed by atoms with E-state index in [9.17, 15) is 0 Å². The summed E-state index contributed by atoms with van der Waals surface area (Å²) < 4.78 is 1.50. The number of allylic oxidation sites excluding steroid dienone is 5. The molecule has 0 aromatic carbocycles. The first-order chi connectivity index (χ1) is 6.32. The van der Waals surface area contributed by atoms with E-state index in [0.717, 1.165) is 6.42 Å². The SMILES string of the molecule is C=C1CC=C(C)/C1=C/[C](=[W])C(C)(C)C. The van der Waals surface area contributed by atoms with Crippen molar-refractivity contribution in [3.8, 4) is 0 Å². The molecule has 0 radical (unpaired) electrons. The van der Waals surface area contributed by atoms with E-state index in [1.807, 2.05) is 0 Å². The normalized spacial score (nSPS) is 20.1. The van der Waals surface area contributed by atoms with Crippen LogP contribution >= 0.6 is 0 Å². The van der Waals surface area contributed by atoms with E-state index in [1.165, 1.54) is 20.6 Å². The summed E-state index contributed by atoms with van der Waals surface area (Å²) in [6.07, 6.45) is 5.63. The Morgan fingerprint density at radius 2 is 2.07 bits per heavy atom. The summed E-state index contributed by atoms with van der Waals surface area (Å²) in [5.41, 5.74) is 4.32. The summed E-state index contributed by atoms with van der Waals surface area (Å²) >= 11 is 1.56. The Morgan fingerprint density at radius 1 is 1.50 bits per heavy atom. The van der Waals surface area contributed by atoms with Crippen molar-refractivity contribution >= 4 is 3.90 Å². The van der Waals surface area contributed by atoms with E-state index >= 15 is 0 Å². The van der Waals surface area contributed by atoms with Crippen molar-refractivity contribution in [2.75, 3.05) is 0 Å². The molecule has 1 rings (SSSR count). The van der Waals surface area contributed by atoms with E-state index in [1.54, 1.807) is 19.4 Å². The predicted molar refractivity (Wildman–Crippen MR) is 60.1 cm³/mol. The molecule has 0 aromatic heterocycles. The fraction of sp³-hybridized carbons (Fsp3) is 0.462. The van der Waals surface area contributed by atoms with Crippen LogP contribution < -0.4 is 0 Å². The molecule has 0 aromatic rings. The minimum absolute atomic E-state index is 0.297. The van der Waals surface area contributed by atoms with E-state index in [-0.39, 0.29) is 0 Å². The van der Waals surface area contributed by atoms with Gasteiger partial charge in [-0.3, -0.25) is 0 Å². The summed E-state index contributed by atoms with van der Waals surface area (Å²) in [6.45, 7) is 13.1. The average Bonchev–Trinajstić information content (AvgIpc) is 2.34. The summed E-state index contributed by atoms with van der Waals surface area (Å²) in [4.78, 5) is 0. The van der Waals surface area contributed by atoms with Crippen molar-refractivity contribution in [2.45, 2.75) is 34.1 Å². The van der Waals surface area contributed by atoms with Crippen LogP contribution in [0.3, 0.4) is 0 Å². The first-order valence-electron chi connectivity index (χ1n) is 4.94. The van der Waals surface area contributed by atoms with Crippen LogP contribution in [0.2, 0.25) is 0 Å². The van der Waals surface area contributed by atoms with Gasteiger partial charge in [-0.25, -0.2) is 0 Å². The Labute approximate surface area is 98.2 Å². The van der Waals surface area contributed by atoms with Gasteiger partial charge in [-0.2, -0.15) is 0 Å². The van der Waals surface area contributed by atoms with Gasteiger partial charge in [0, 0.05) is 0 Å². The molecular formula is C13H18W. The molecule has 0 atom stereocenters. The maximum absolute atomic E-state index is 4.10. The molecule has 0 amide bonds. The summed E-state index contributed by atoms with van der Waals surface area (Å²) in [5, 5.41) is 0. The van der Waals surface area contributed by atoms with Gasteiger partial charge in [0.2, 0.25) is 0 Å². The Morgan fingerprint density at radius 3 is 2.43 bits per heavy atom. The molecule has 0 saturated heterocycles. The molecule has 0 aliphatic heterocycles. The standard InChI is InChI=1S/C13H18.W/c1-10-6-7-11(2)12(10)8-9-13(3,4)5;/h7-8H,1,6H2,2-5H3;/b12-8+;. The zero-order chi connectivity index (χ0) is 10.9. The van der Waals surface area contributed by atoms with Gasteiger partial charge < -0.3 is 0 Å². The van der Waals surface area contributed by atoms with Gasteiger partial charge in [0.15, 0.2) is 0 Å². The first-order valence-corrected chi connectivity index (χ1v) is 6.40. The van der Waals surface area contributed by atoms with Crippen molar-refractivity contribution in [2.24, 2.45) is 5.41 Å². The molecule has 0 heterocycles. The van der Waals surface area contributed by atoms with Crippen LogP contribution in [-0.2, 0) is 19.4 Å². The molecule has 76 valence electrons. The summed E-state index contributed by atoms with van der Waals surface area (Å²) in [6, 6.07) is 0. The van der Waals surface area contributed by atoms with E-state index in [4.69, 9.17) is 0 Å². The Balaban J connectivity index is 2.94. The molecule has 0 saturated carbocycles. The van der Waals surface area contributed by atoms with Crippen LogP contribution in [0.25, 0.3) is 0 Å². The van der Waals surface area contributed by atoms with Crippen LogP contribution in [0.1, 0.15) is 34.1 Å². The first kappa shape index (κ1) is 11.9. The van der Waals surface area contributed by atoms with E-state index in [2.05, 4.69) is 46.4 Å². The molecule has 0 bridgehead atoms. The topological polar surface area (TPSA) is 0 Å². The quantitative estimate of drug-likeness (QED) is 0.672. The molecule has 0 nitrogen and oxygen atoms in total. The van der Waals surface area contributed by atoms with Crippen molar-refractivity contribution in [3.63, 3.8) is 0 Å². The van der Waals surface area contributed by atoms with Crippen LogP contribution in [0.4, 0.5) is 0 Å². The number of hydrogen-bond acceptors (Lipinski definition) is 0. The fourth-order valence-corrected chi connectivity index (χ4v) is 1.76. The predicted octanol–water partition coefficient (Wildman–Crippen LogP) is 3.58. The third-order valence-corrected chi connectivity index (χ3v) is 5.10. The second-order valence-electron chi connectivity index (χ2n) is 4.87. The molecule has 1 heteroatoms. The summed E-state index contributed by atoms with van der Waals surface area (Å²) in [7, 11) is 0. The average molecular weight is 358 g/mol. The minimum atomic E-state index is 0.297. The summed E-state index contributed by atoms with van der Waals surface area (Å²) in [5.74, 6) is 0. The van der Waals surface area contributed by atoms with Crippen molar-refractivity contribution in [1.29, 1.82) is 0 Å². The third kappa shape index (κ3) is 2.64. The van der Waals surface area contributed by atoms with Crippen molar-refractivity contribution in [1.82, 2.24) is 0 Å². The van der Waals surface area contributed by atoms with E-state index < -0.39 is 0 Å². The maximum atomic E-state index is 4.10. The van der Waals surface area contributed by atoms with Crippen molar-refractivity contribution < 1.29 is 19.4 Å². The van der Waals surface area contributed by atoms with Gasteiger partial charge in [0.05, 0.1) is 0 Å². The number of hydrogen-bond donors (Lipinski definition) is 0. The molecule has 0 fully saturated rings. The molecule has 0 N–H and O–H groups in total. The van der Waals surface area contributed by atoms with Crippen molar-refractivity contribution in [3.05, 3.63) is 35.5 Å². The fourth-order valence-electron chi connectivity index (χ4n) is 1.34. The van der Waals surface area contributed by atoms with Crippen LogP contribution in [0.15, 0.2) is 35.5 Å². The monoisotopic (exact) mass is 358 g/mol. The molecule has 1 aliphatic carbocycles. The second-order valence-corrected chi connectivity index (χ2v) is 6.45. The van der Waals surface area contributed by atoms with Crippen LogP contribution in [0, 0.1) is 5.41 Å². The van der Waals surface area contributed by atoms with Gasteiger partial charge in [0.25, 0.3) is 0 Å². The molecular weight excluding hydrogens is 340 g/mol. The molecule has 14 heavy (non-hydrogen) atoms. The number of rotatable bonds is 1. The van der Waals surface area contributed by atoms with Crippen LogP contribution in [-0.4, -0.2) is 3.90 Å². The molecule has 0 unspecified atom stereocenters. The Kier molecular flexibility index (Phi) is 3.48. The van der Waals surface area contributed by atoms with Gasteiger partial charge in [0.1, 0.15) is 0 Å². The van der Waals surface area contributed by atoms with Crippen LogP contribution in [0.5, 0.6) is 0 Å². The van der Waals surface area contributed by atoms with Gasteiger partial charge in [-0.1, -0.05) is 0 Å². The Bertz CT molecular complexity index is 335. The third-order valence-electron chi connectivity index (χ3n) is 2.48. The molecule has 0 spiro atoms. The van der Waals surface area contributed by atoms with E-state index in [0.29, 0.717) is 5.41 Å². The van der Waals surface area contributed by atoms with Gasteiger partial charge in [-0.15, -0.1) is 0 Å². The van der Waals surface area contributed by atoms with Gasteiger partial charge in [-0.05, 0) is 0 Å². The van der Waals surface area contributed by atoms with Gasteiger partial charge >= 0.3 is 98.2 Å². The Hall–Kier alpha value is -0.222. The zero-order valence-electron chi connectivity index (χ0n) is 9.48.